The molecule has 1 unspecified atom stereocenters. The van der Waals surface area contributed by atoms with E-state index in [4.69, 9.17) is 9.68 Å². The molecule has 3 rings (SSSR count). The summed E-state index contributed by atoms with van der Waals surface area (Å²) >= 11 is 0. The van der Waals surface area contributed by atoms with E-state index in [9.17, 15) is 13.6 Å². The third-order valence-corrected chi connectivity index (χ3v) is 5.25. The van der Waals surface area contributed by atoms with E-state index in [0.717, 1.165) is 11.1 Å². The zero-order valence-corrected chi connectivity index (χ0v) is 17.9. The minimum absolute atomic E-state index is 0.0703. The zero-order chi connectivity index (χ0) is 22.6. The molecule has 1 saturated carbocycles. The lowest BCUT2D eigenvalue weighted by Gasteiger charge is -2.13. The minimum atomic E-state index is -2.66. The van der Waals surface area contributed by atoms with Gasteiger partial charge in [-0.15, -0.1) is 0 Å². The highest BCUT2D eigenvalue weighted by Crippen LogP contribution is 2.56. The third-order valence-electron chi connectivity index (χ3n) is 5.25. The van der Waals surface area contributed by atoms with Crippen LogP contribution in [-0.4, -0.2) is 37.4 Å². The zero-order valence-electron chi connectivity index (χ0n) is 17.9. The van der Waals surface area contributed by atoms with Gasteiger partial charge in [-0.1, -0.05) is 52.8 Å². The number of likely N-dealkylation sites (N-methyl/N-ethyl adjacent to an activating group) is 1. The quantitative estimate of drug-likeness (QED) is 0.506. The van der Waals surface area contributed by atoms with Crippen LogP contribution in [0.15, 0.2) is 52.8 Å². The van der Waals surface area contributed by atoms with Crippen molar-refractivity contribution in [3.05, 3.63) is 70.3 Å². The van der Waals surface area contributed by atoms with Gasteiger partial charge in [0.05, 0.1) is 11.6 Å². The van der Waals surface area contributed by atoms with Gasteiger partial charge in [0, 0.05) is 30.2 Å². The number of benzene rings is 2. The molecule has 31 heavy (non-hydrogen) atoms. The van der Waals surface area contributed by atoms with Crippen molar-refractivity contribution in [2.75, 3.05) is 14.2 Å². The van der Waals surface area contributed by atoms with Crippen LogP contribution in [0, 0.1) is 6.92 Å². The summed E-state index contributed by atoms with van der Waals surface area (Å²) in [4.78, 5) is 22.7. The summed E-state index contributed by atoms with van der Waals surface area (Å²) in [6.07, 6.45) is -0.147. The first-order valence-corrected chi connectivity index (χ1v) is 9.86. The van der Waals surface area contributed by atoms with Crippen molar-refractivity contribution in [3.63, 3.8) is 0 Å². The number of amides is 1. The largest absolute Gasteiger partial charge is 0.398 e. The Morgan fingerprint density at radius 2 is 1.84 bits per heavy atom. The molecule has 1 aliphatic rings. The van der Waals surface area contributed by atoms with Gasteiger partial charge in [0.1, 0.15) is 13.7 Å². The first-order valence-electron chi connectivity index (χ1n) is 9.86. The summed E-state index contributed by atoms with van der Waals surface area (Å²) in [7, 11) is 2.87. The van der Waals surface area contributed by atoms with E-state index in [1.807, 2.05) is 19.1 Å². The highest BCUT2D eigenvalue weighted by molar-refractivity contribution is 6.45. The molecule has 6 nitrogen and oxygen atoms in total. The molecule has 0 spiro atoms. The van der Waals surface area contributed by atoms with Crippen LogP contribution in [0.5, 0.6) is 0 Å². The normalized spacial score (nSPS) is 17.8. The summed E-state index contributed by atoms with van der Waals surface area (Å²) in [6, 6.07) is 12.4. The highest BCUT2D eigenvalue weighted by atomic mass is 19.3. The van der Waals surface area contributed by atoms with E-state index in [2.05, 4.69) is 15.6 Å². The van der Waals surface area contributed by atoms with Crippen LogP contribution >= 0.6 is 0 Å². The number of oxime groups is 2. The molecule has 0 aromatic heterocycles. The molecular weight excluding hydrogens is 404 g/mol. The number of nitrogens with zero attached hydrogens (tertiary/aromatic N) is 2. The van der Waals surface area contributed by atoms with E-state index in [-0.39, 0.29) is 18.7 Å². The van der Waals surface area contributed by atoms with Crippen molar-refractivity contribution in [3.8, 4) is 0 Å². The number of hydrogen-bond donors (Lipinski definition) is 1. The third kappa shape index (κ3) is 4.90. The van der Waals surface area contributed by atoms with E-state index in [1.165, 1.54) is 14.2 Å². The second-order valence-electron chi connectivity index (χ2n) is 7.36. The second-order valence-corrected chi connectivity index (χ2v) is 7.36. The summed E-state index contributed by atoms with van der Waals surface area (Å²) in [6.45, 7) is 3.68. The predicted octanol–water partition coefficient (Wildman–Crippen LogP) is 4.15. The van der Waals surface area contributed by atoms with Gasteiger partial charge < -0.3 is 15.0 Å². The Kier molecular flexibility index (Phi) is 6.68. The van der Waals surface area contributed by atoms with Gasteiger partial charge in [0.2, 0.25) is 0 Å². The van der Waals surface area contributed by atoms with Gasteiger partial charge in [-0.25, -0.2) is 8.78 Å². The van der Waals surface area contributed by atoms with Gasteiger partial charge in [-0.05, 0) is 25.0 Å². The smallest absolute Gasteiger partial charge is 0.273 e. The average Bonchev–Trinajstić information content (AvgIpc) is 3.40. The fraction of sp³-hybridized carbons (Fsp3) is 0.348. The van der Waals surface area contributed by atoms with Crippen LogP contribution in [0.3, 0.4) is 0 Å². The van der Waals surface area contributed by atoms with Crippen molar-refractivity contribution < 1.29 is 23.3 Å². The predicted molar refractivity (Wildman–Crippen MR) is 115 cm³/mol. The van der Waals surface area contributed by atoms with Crippen LogP contribution < -0.4 is 5.32 Å². The Morgan fingerprint density at radius 1 is 1.16 bits per heavy atom. The maximum Gasteiger partial charge on any atom is 0.273 e. The topological polar surface area (TPSA) is 72.3 Å². The molecule has 2 aromatic rings. The lowest BCUT2D eigenvalue weighted by molar-refractivity contribution is -0.114. The minimum Gasteiger partial charge on any atom is -0.398 e. The van der Waals surface area contributed by atoms with Gasteiger partial charge in [0.25, 0.3) is 11.8 Å². The molecule has 1 amide bonds. The van der Waals surface area contributed by atoms with Crippen LogP contribution in [0.2, 0.25) is 0 Å². The Hall–Kier alpha value is -3.29. The van der Waals surface area contributed by atoms with Crippen molar-refractivity contribution in [1.29, 1.82) is 0 Å². The van der Waals surface area contributed by atoms with E-state index >= 15 is 0 Å². The number of nitrogens with one attached hydrogen (secondary N) is 1. The van der Waals surface area contributed by atoms with Crippen molar-refractivity contribution in [2.45, 2.75) is 38.7 Å². The summed E-state index contributed by atoms with van der Waals surface area (Å²) in [5.41, 5.74) is 4.01. The summed E-state index contributed by atoms with van der Waals surface area (Å²) in [5.74, 6) is -3.84. The van der Waals surface area contributed by atoms with Gasteiger partial charge in [-0.3, -0.25) is 4.79 Å². The summed E-state index contributed by atoms with van der Waals surface area (Å²) in [5, 5.41) is 10.6. The number of halogens is 2. The number of hydrogen-bond acceptors (Lipinski definition) is 5. The van der Waals surface area contributed by atoms with Crippen LogP contribution in [-0.2, 0) is 21.1 Å². The fourth-order valence-corrected chi connectivity index (χ4v) is 3.46. The molecule has 0 bridgehead atoms. The molecule has 1 fully saturated rings. The molecule has 0 radical (unpaired) electrons. The molecule has 1 atom stereocenters. The Bertz CT molecular complexity index is 1030. The fourth-order valence-electron chi connectivity index (χ4n) is 3.46. The SMILES string of the molecule is CNC(=O)/C(=N/OC)c1cccc(C)c1CO/N=C(\C)c1ccccc1C1CC1(F)F. The first-order chi connectivity index (χ1) is 14.8. The second kappa shape index (κ2) is 9.24. The lowest BCUT2D eigenvalue weighted by Crippen LogP contribution is -2.29. The molecule has 0 heterocycles. The summed E-state index contributed by atoms with van der Waals surface area (Å²) < 4.78 is 27.2. The number of carbonyl (C=O) groups is 1. The number of alkyl halides is 2. The van der Waals surface area contributed by atoms with E-state index in [1.54, 1.807) is 37.3 Å². The molecule has 8 heteroatoms. The molecule has 2 aromatic carbocycles. The van der Waals surface area contributed by atoms with Crippen molar-refractivity contribution >= 4 is 17.3 Å². The molecular formula is C23H25F2N3O3. The Morgan fingerprint density at radius 3 is 2.48 bits per heavy atom. The highest BCUT2D eigenvalue weighted by Gasteiger charge is 2.58. The van der Waals surface area contributed by atoms with Crippen LogP contribution in [0.25, 0.3) is 0 Å². The maximum absolute atomic E-state index is 13.6. The lowest BCUT2D eigenvalue weighted by atomic mass is 9.98. The number of aryl methyl sites for hydroxylation is 1. The Balaban J connectivity index is 1.84. The van der Waals surface area contributed by atoms with Crippen LogP contribution in [0.4, 0.5) is 8.78 Å². The Labute approximate surface area is 179 Å². The van der Waals surface area contributed by atoms with Crippen molar-refractivity contribution in [1.82, 2.24) is 5.32 Å². The molecule has 0 saturated heterocycles. The maximum atomic E-state index is 13.6. The van der Waals surface area contributed by atoms with E-state index < -0.39 is 17.7 Å². The number of carbonyl (C=O) groups excluding carboxylic acids is 1. The molecule has 164 valence electrons. The van der Waals surface area contributed by atoms with Gasteiger partial charge in [-0.2, -0.15) is 0 Å². The number of rotatable bonds is 8. The molecule has 1 aliphatic carbocycles. The average molecular weight is 429 g/mol. The monoisotopic (exact) mass is 429 g/mol. The van der Waals surface area contributed by atoms with E-state index in [0.29, 0.717) is 22.4 Å². The van der Waals surface area contributed by atoms with Crippen molar-refractivity contribution in [2.24, 2.45) is 10.3 Å². The first kappa shape index (κ1) is 22.4. The molecule has 0 aliphatic heterocycles. The van der Waals surface area contributed by atoms with Crippen LogP contribution in [0.1, 0.15) is 47.1 Å². The van der Waals surface area contributed by atoms with Gasteiger partial charge >= 0.3 is 0 Å². The standard InChI is InChI=1S/C23H25F2N3O3/c1-14-8-7-11-18(21(28-30-4)22(29)26-3)19(14)13-31-27-15(2)16-9-5-6-10-17(16)20-12-23(20,24)25/h5-11,20H,12-13H2,1-4H3,(H,26,29)/b27-15+,28-21+. The van der Waals surface area contributed by atoms with Gasteiger partial charge in [0.15, 0.2) is 5.71 Å². The molecule has 1 N–H and O–H groups in total.